The van der Waals surface area contributed by atoms with Crippen molar-refractivity contribution in [2.75, 3.05) is 18.5 Å². The highest BCUT2D eigenvalue weighted by Gasteiger charge is 2.18. The molecule has 3 aromatic carbocycles. The van der Waals surface area contributed by atoms with Crippen molar-refractivity contribution in [1.82, 2.24) is 10.0 Å². The molecule has 0 fully saturated rings. The first-order valence-corrected chi connectivity index (χ1v) is 13.1. The molecular formula is C27H29N3O6S. The Labute approximate surface area is 216 Å². The monoisotopic (exact) mass is 523 g/mol. The van der Waals surface area contributed by atoms with E-state index in [-0.39, 0.29) is 41.1 Å². The van der Waals surface area contributed by atoms with E-state index in [1.807, 2.05) is 37.3 Å². The summed E-state index contributed by atoms with van der Waals surface area (Å²) in [7, 11) is -3.76. The molecule has 0 aromatic heterocycles. The fourth-order valence-corrected chi connectivity index (χ4v) is 4.58. The van der Waals surface area contributed by atoms with Crippen LogP contribution in [0.5, 0.6) is 0 Å². The summed E-state index contributed by atoms with van der Waals surface area (Å²) < 4.78 is 31.9. The molecule has 1 atom stereocenters. The van der Waals surface area contributed by atoms with Gasteiger partial charge in [-0.05, 0) is 49.2 Å². The van der Waals surface area contributed by atoms with Crippen LogP contribution in [0.3, 0.4) is 0 Å². The van der Waals surface area contributed by atoms with Gasteiger partial charge in [-0.25, -0.2) is 13.1 Å². The van der Waals surface area contributed by atoms with E-state index in [2.05, 4.69) is 15.4 Å². The lowest BCUT2D eigenvalue weighted by Crippen LogP contribution is -2.29. The smallest absolute Gasteiger partial charge is 0.307 e. The second-order valence-electron chi connectivity index (χ2n) is 8.32. The van der Waals surface area contributed by atoms with Crippen LogP contribution in [-0.2, 0) is 24.3 Å². The highest BCUT2D eigenvalue weighted by molar-refractivity contribution is 7.89. The molecule has 9 nitrogen and oxygen atoms in total. The first-order valence-electron chi connectivity index (χ1n) is 11.6. The van der Waals surface area contributed by atoms with Gasteiger partial charge in [-0.15, -0.1) is 0 Å². The fourth-order valence-electron chi connectivity index (χ4n) is 3.45. The third kappa shape index (κ3) is 8.26. The summed E-state index contributed by atoms with van der Waals surface area (Å²) >= 11 is 0. The van der Waals surface area contributed by atoms with Gasteiger partial charge >= 0.3 is 5.97 Å². The third-order valence-electron chi connectivity index (χ3n) is 5.38. The third-order valence-corrected chi connectivity index (χ3v) is 6.84. The minimum Gasteiger partial charge on any atom is -0.456 e. The summed E-state index contributed by atoms with van der Waals surface area (Å²) in [5.41, 5.74) is 2.26. The van der Waals surface area contributed by atoms with E-state index in [9.17, 15) is 22.8 Å². The number of ether oxygens (including phenoxy) is 1. The number of amides is 2. The number of anilines is 1. The molecule has 3 N–H and O–H groups in total. The number of hydrogen-bond acceptors (Lipinski definition) is 6. The molecule has 0 heterocycles. The van der Waals surface area contributed by atoms with Crippen molar-refractivity contribution in [3.05, 3.63) is 95.6 Å². The van der Waals surface area contributed by atoms with Gasteiger partial charge in [0.15, 0.2) is 6.61 Å². The van der Waals surface area contributed by atoms with Crippen LogP contribution in [0.4, 0.5) is 5.69 Å². The average molecular weight is 524 g/mol. The highest BCUT2D eigenvalue weighted by Crippen LogP contribution is 2.18. The fraction of sp³-hybridized carbons (Fsp3) is 0.222. The van der Waals surface area contributed by atoms with Crippen LogP contribution in [-0.4, -0.2) is 39.4 Å². The molecule has 10 heteroatoms. The minimum atomic E-state index is -3.76. The maximum Gasteiger partial charge on any atom is 0.307 e. The Kier molecular flexibility index (Phi) is 9.53. The zero-order chi connectivity index (χ0) is 26.8. The number of para-hydroxylation sites is 1. The molecule has 3 aromatic rings. The van der Waals surface area contributed by atoms with E-state index >= 15 is 0 Å². The number of benzene rings is 3. The van der Waals surface area contributed by atoms with E-state index in [0.717, 1.165) is 11.1 Å². The van der Waals surface area contributed by atoms with Gasteiger partial charge in [0, 0.05) is 6.54 Å². The quantitative estimate of drug-likeness (QED) is 0.331. The lowest BCUT2D eigenvalue weighted by molar-refractivity contribution is -0.147. The molecule has 0 saturated heterocycles. The van der Waals surface area contributed by atoms with Crippen LogP contribution in [0.1, 0.15) is 40.9 Å². The number of rotatable bonds is 11. The van der Waals surface area contributed by atoms with E-state index in [4.69, 9.17) is 4.74 Å². The zero-order valence-electron chi connectivity index (χ0n) is 20.6. The van der Waals surface area contributed by atoms with Gasteiger partial charge in [-0.3, -0.25) is 14.4 Å². The maximum atomic E-state index is 12.8. The van der Waals surface area contributed by atoms with Gasteiger partial charge in [0.25, 0.3) is 11.8 Å². The van der Waals surface area contributed by atoms with Gasteiger partial charge in [-0.1, -0.05) is 54.6 Å². The Morgan fingerprint density at radius 1 is 0.919 bits per heavy atom. The average Bonchev–Trinajstić information content (AvgIpc) is 2.88. The SMILES string of the molecule is Cc1cccc(S(=O)(=O)NCCC(=O)OCC(=O)Nc2ccccc2C(=O)N[C@H](C)c2ccccc2)c1. The molecule has 2 amide bonds. The van der Waals surface area contributed by atoms with E-state index in [1.54, 1.807) is 43.3 Å². The Bertz CT molecular complexity index is 1360. The van der Waals surface area contributed by atoms with Crippen molar-refractivity contribution in [3.63, 3.8) is 0 Å². The lowest BCUT2D eigenvalue weighted by atomic mass is 10.1. The molecule has 37 heavy (non-hydrogen) atoms. The van der Waals surface area contributed by atoms with Gasteiger partial charge in [0.05, 0.1) is 28.6 Å². The summed E-state index contributed by atoms with van der Waals surface area (Å²) in [5.74, 6) is -1.75. The normalized spacial score (nSPS) is 11.8. The van der Waals surface area contributed by atoms with Crippen LogP contribution >= 0.6 is 0 Å². The number of esters is 1. The van der Waals surface area contributed by atoms with Crippen LogP contribution in [0, 0.1) is 6.92 Å². The standard InChI is InChI=1S/C27H29N3O6S/c1-19-9-8-12-22(17-19)37(34,35)28-16-15-26(32)36-18-25(31)30-24-14-7-6-13-23(24)27(33)29-20(2)21-10-4-3-5-11-21/h3-14,17,20,28H,15-16,18H2,1-2H3,(H,29,33)(H,30,31)/t20-/m1/s1. The summed E-state index contributed by atoms with van der Waals surface area (Å²) in [6, 6.07) is 22.1. The van der Waals surface area contributed by atoms with Gasteiger partial charge in [-0.2, -0.15) is 0 Å². The largest absolute Gasteiger partial charge is 0.456 e. The molecule has 0 saturated carbocycles. The number of carbonyl (C=O) groups excluding carboxylic acids is 3. The molecule has 0 aliphatic carbocycles. The summed E-state index contributed by atoms with van der Waals surface area (Å²) in [6.45, 7) is 2.87. The van der Waals surface area contributed by atoms with Crippen LogP contribution in [0.15, 0.2) is 83.8 Å². The first-order chi connectivity index (χ1) is 17.7. The summed E-state index contributed by atoms with van der Waals surface area (Å²) in [4.78, 5) is 37.3. The Hall–Kier alpha value is -4.02. The topological polar surface area (TPSA) is 131 Å². The van der Waals surface area contributed by atoms with Crippen molar-refractivity contribution in [3.8, 4) is 0 Å². The van der Waals surface area contributed by atoms with Crippen molar-refractivity contribution >= 4 is 33.5 Å². The second kappa shape index (κ2) is 12.8. The number of nitrogens with one attached hydrogen (secondary N) is 3. The van der Waals surface area contributed by atoms with Crippen LogP contribution < -0.4 is 15.4 Å². The number of sulfonamides is 1. The van der Waals surface area contributed by atoms with Crippen LogP contribution in [0.25, 0.3) is 0 Å². The molecule has 0 aliphatic rings. The number of carbonyl (C=O) groups is 3. The molecule has 0 radical (unpaired) electrons. The summed E-state index contributed by atoms with van der Waals surface area (Å²) in [6.07, 6.45) is -0.255. The zero-order valence-corrected chi connectivity index (χ0v) is 21.4. The molecule has 3 rings (SSSR count). The number of hydrogen-bond donors (Lipinski definition) is 3. The second-order valence-corrected chi connectivity index (χ2v) is 10.1. The van der Waals surface area contributed by atoms with E-state index in [1.165, 1.54) is 12.1 Å². The Balaban J connectivity index is 1.48. The van der Waals surface area contributed by atoms with E-state index < -0.39 is 28.5 Å². The lowest BCUT2D eigenvalue weighted by Gasteiger charge is -2.16. The predicted molar refractivity (Wildman–Crippen MR) is 139 cm³/mol. The Morgan fingerprint density at radius 2 is 1.62 bits per heavy atom. The van der Waals surface area contributed by atoms with Gasteiger partial charge in [0.1, 0.15) is 0 Å². The molecule has 0 bridgehead atoms. The Morgan fingerprint density at radius 3 is 2.35 bits per heavy atom. The van der Waals surface area contributed by atoms with Crippen molar-refractivity contribution < 1.29 is 27.5 Å². The van der Waals surface area contributed by atoms with Gasteiger partial charge < -0.3 is 15.4 Å². The van der Waals surface area contributed by atoms with Crippen LogP contribution in [0.2, 0.25) is 0 Å². The van der Waals surface area contributed by atoms with Crippen molar-refractivity contribution in [2.24, 2.45) is 0 Å². The molecule has 194 valence electrons. The van der Waals surface area contributed by atoms with E-state index in [0.29, 0.717) is 0 Å². The molecule has 0 unspecified atom stereocenters. The molecule has 0 spiro atoms. The maximum absolute atomic E-state index is 12.8. The predicted octanol–water partition coefficient (Wildman–Crippen LogP) is 3.34. The first kappa shape index (κ1) is 27.6. The minimum absolute atomic E-state index is 0.0982. The molecular weight excluding hydrogens is 494 g/mol. The van der Waals surface area contributed by atoms with Crippen molar-refractivity contribution in [2.45, 2.75) is 31.2 Å². The summed E-state index contributed by atoms with van der Waals surface area (Å²) in [5, 5.41) is 5.47. The highest BCUT2D eigenvalue weighted by atomic mass is 32.2. The number of aryl methyl sites for hydroxylation is 1. The molecule has 0 aliphatic heterocycles. The van der Waals surface area contributed by atoms with Gasteiger partial charge in [0.2, 0.25) is 10.0 Å². The van der Waals surface area contributed by atoms with Crippen molar-refractivity contribution in [1.29, 1.82) is 0 Å².